The molecule has 1 spiro atoms. The molecule has 0 saturated heterocycles. The van der Waals surface area contributed by atoms with Gasteiger partial charge in [0.2, 0.25) is 0 Å². The minimum Gasteiger partial charge on any atom is -0.0599 e. The third kappa shape index (κ3) is 4.91. The van der Waals surface area contributed by atoms with Crippen molar-refractivity contribution in [2.75, 3.05) is 0 Å². The zero-order chi connectivity index (χ0) is 30.9. The molecule has 0 aromatic heterocycles. The van der Waals surface area contributed by atoms with E-state index in [-0.39, 0.29) is 0 Å². The summed E-state index contributed by atoms with van der Waals surface area (Å²) in [6.07, 6.45) is 21.9. The van der Waals surface area contributed by atoms with Gasteiger partial charge in [-0.1, -0.05) is 102 Å². The van der Waals surface area contributed by atoms with E-state index in [1.165, 1.54) is 25.7 Å². The Morgan fingerprint density at radius 3 is 1.56 bits per heavy atom. The molecule has 7 rings (SSSR count). The van der Waals surface area contributed by atoms with E-state index in [9.17, 15) is 0 Å². The van der Waals surface area contributed by atoms with Gasteiger partial charge in [-0.3, -0.25) is 0 Å². The largest absolute Gasteiger partial charge is 0.0599 e. The molecule has 0 radical (unpaired) electrons. The van der Waals surface area contributed by atoms with Crippen molar-refractivity contribution in [1.29, 1.82) is 0 Å². The quantitative estimate of drug-likeness (QED) is 0.263. The molecule has 0 amide bonds. The van der Waals surface area contributed by atoms with Crippen molar-refractivity contribution in [3.05, 3.63) is 0 Å². The molecule has 13 unspecified atom stereocenters. The molecule has 0 nitrogen and oxygen atoms in total. The van der Waals surface area contributed by atoms with Gasteiger partial charge in [-0.2, -0.15) is 0 Å². The minimum absolute atomic E-state index is 0.430. The average Bonchev–Trinajstić information content (AvgIpc) is 3.31. The van der Waals surface area contributed by atoms with Crippen LogP contribution in [0.25, 0.3) is 0 Å². The summed E-state index contributed by atoms with van der Waals surface area (Å²) in [4.78, 5) is 0. The number of fused-ring (bicyclic) bond motifs is 10. The molecular formula is C43H74. The molecule has 7 saturated carbocycles. The van der Waals surface area contributed by atoms with Crippen LogP contribution in [-0.4, -0.2) is 0 Å². The van der Waals surface area contributed by atoms with E-state index in [2.05, 4.69) is 76.2 Å². The molecule has 0 N–H and O–H groups in total. The average molecular weight is 591 g/mol. The molecule has 7 fully saturated rings. The predicted octanol–water partition coefficient (Wildman–Crippen LogP) is 12.7. The summed E-state index contributed by atoms with van der Waals surface area (Å²) in [5.74, 6) is 13.1. The van der Waals surface area contributed by atoms with E-state index in [0.717, 1.165) is 76.9 Å². The van der Waals surface area contributed by atoms with Gasteiger partial charge in [0.15, 0.2) is 0 Å². The van der Waals surface area contributed by atoms with Crippen molar-refractivity contribution in [2.24, 2.45) is 104 Å². The van der Waals surface area contributed by atoms with Crippen LogP contribution in [0.5, 0.6) is 0 Å². The summed E-state index contributed by atoms with van der Waals surface area (Å²) in [7, 11) is 0. The van der Waals surface area contributed by atoms with Gasteiger partial charge < -0.3 is 0 Å². The van der Waals surface area contributed by atoms with Crippen LogP contribution < -0.4 is 0 Å². The fraction of sp³-hybridized carbons (Fsp3) is 1.00. The summed E-state index contributed by atoms with van der Waals surface area (Å²) >= 11 is 0. The van der Waals surface area contributed by atoms with Gasteiger partial charge in [-0.05, 0) is 168 Å². The first-order valence-electron chi connectivity index (χ1n) is 19.9. The Bertz CT molecular complexity index is 1000. The number of hydrogen-bond acceptors (Lipinski definition) is 0. The van der Waals surface area contributed by atoms with Crippen molar-refractivity contribution >= 4 is 0 Å². The highest BCUT2D eigenvalue weighted by molar-refractivity contribution is 5.19. The summed E-state index contributed by atoms with van der Waals surface area (Å²) < 4.78 is 0. The number of hydrogen-bond donors (Lipinski definition) is 0. The van der Waals surface area contributed by atoms with E-state index < -0.39 is 0 Å². The van der Waals surface area contributed by atoms with Crippen LogP contribution in [0.3, 0.4) is 0 Å². The summed E-state index contributed by atoms with van der Waals surface area (Å²) in [6, 6.07) is 0. The van der Waals surface area contributed by atoms with Gasteiger partial charge in [0, 0.05) is 0 Å². The maximum absolute atomic E-state index is 2.80. The second-order valence-corrected chi connectivity index (χ2v) is 22.5. The monoisotopic (exact) mass is 591 g/mol. The Kier molecular flexibility index (Phi) is 7.53. The molecule has 13 atom stereocenters. The third-order valence-corrected chi connectivity index (χ3v) is 17.7. The van der Waals surface area contributed by atoms with Crippen LogP contribution in [0.1, 0.15) is 166 Å². The van der Waals surface area contributed by atoms with Crippen LogP contribution in [0.2, 0.25) is 0 Å². The van der Waals surface area contributed by atoms with E-state index >= 15 is 0 Å². The summed E-state index contributed by atoms with van der Waals surface area (Å²) in [5, 5.41) is 0. The lowest BCUT2D eigenvalue weighted by atomic mass is 9.47. The van der Waals surface area contributed by atoms with E-state index in [1.54, 1.807) is 64.2 Å². The normalized spacial score (nSPS) is 51.3. The van der Waals surface area contributed by atoms with Gasteiger partial charge in [0.05, 0.1) is 0 Å². The zero-order valence-electron chi connectivity index (χ0n) is 30.9. The fourth-order valence-electron chi connectivity index (χ4n) is 15.3. The van der Waals surface area contributed by atoms with Gasteiger partial charge in [-0.25, -0.2) is 0 Å². The van der Waals surface area contributed by atoms with E-state index in [0.29, 0.717) is 27.1 Å². The van der Waals surface area contributed by atoms with Gasteiger partial charge in [0.1, 0.15) is 0 Å². The van der Waals surface area contributed by atoms with E-state index in [1.807, 2.05) is 0 Å². The fourth-order valence-corrected chi connectivity index (χ4v) is 15.3. The lowest BCUT2D eigenvalue weighted by Crippen LogP contribution is -2.49. The maximum atomic E-state index is 2.80. The Balaban J connectivity index is 1.32. The SMILES string of the molecule is CC(C)(C)C1CCC2C3C4C5CC6CCCCC6CC5C(C)(C)C4CCC3C3(CC(C(C)(C)C)CC(C(C)(C)C)C3)C2C1. The highest BCUT2D eigenvalue weighted by atomic mass is 14.8. The molecule has 7 aliphatic carbocycles. The molecule has 7 aliphatic rings. The molecule has 246 valence electrons. The van der Waals surface area contributed by atoms with Crippen molar-refractivity contribution < 1.29 is 0 Å². The first-order chi connectivity index (χ1) is 19.9. The highest BCUT2D eigenvalue weighted by Crippen LogP contribution is 2.77. The lowest BCUT2D eigenvalue weighted by Gasteiger charge is -2.57. The predicted molar refractivity (Wildman–Crippen MR) is 185 cm³/mol. The lowest BCUT2D eigenvalue weighted by molar-refractivity contribution is -0.0810. The second kappa shape index (κ2) is 10.2. The van der Waals surface area contributed by atoms with Crippen LogP contribution in [0.15, 0.2) is 0 Å². The van der Waals surface area contributed by atoms with Crippen molar-refractivity contribution in [2.45, 2.75) is 166 Å². The van der Waals surface area contributed by atoms with Gasteiger partial charge in [-0.15, -0.1) is 0 Å². The third-order valence-electron chi connectivity index (χ3n) is 17.7. The first-order valence-corrected chi connectivity index (χ1v) is 19.9. The molecule has 0 aromatic carbocycles. The topological polar surface area (TPSA) is 0 Å². The molecule has 0 aromatic rings. The van der Waals surface area contributed by atoms with Crippen LogP contribution in [0, 0.1) is 104 Å². The molecule has 0 aliphatic heterocycles. The minimum atomic E-state index is 0.430. The van der Waals surface area contributed by atoms with Crippen LogP contribution in [0.4, 0.5) is 0 Å². The van der Waals surface area contributed by atoms with Gasteiger partial charge in [0.25, 0.3) is 0 Å². The Morgan fingerprint density at radius 1 is 0.442 bits per heavy atom. The van der Waals surface area contributed by atoms with Crippen LogP contribution >= 0.6 is 0 Å². The molecule has 0 heteroatoms. The van der Waals surface area contributed by atoms with Crippen molar-refractivity contribution in [3.63, 3.8) is 0 Å². The number of rotatable bonds is 0. The Morgan fingerprint density at radius 2 is 0.977 bits per heavy atom. The molecular weight excluding hydrogens is 516 g/mol. The maximum Gasteiger partial charge on any atom is -0.0230 e. The highest BCUT2D eigenvalue weighted by Gasteiger charge is 2.71. The summed E-state index contributed by atoms with van der Waals surface area (Å²) in [5.41, 5.74) is 2.51. The second-order valence-electron chi connectivity index (χ2n) is 22.5. The first kappa shape index (κ1) is 31.6. The van der Waals surface area contributed by atoms with Crippen molar-refractivity contribution in [3.8, 4) is 0 Å². The van der Waals surface area contributed by atoms with Gasteiger partial charge >= 0.3 is 0 Å². The standard InChI is InChI=1S/C43H74/c1-39(2,3)28-16-17-31-36(23-28)43(24-29(40(4,5)6)22-30(25-43)41(7,8)9)34-19-18-33-38(37(31)34)32-20-26-14-12-13-15-27(26)21-35(32)42(33,10)11/h26-38H,12-25H2,1-11H3. The zero-order valence-corrected chi connectivity index (χ0v) is 30.9. The Labute approximate surface area is 269 Å². The molecule has 0 heterocycles. The van der Waals surface area contributed by atoms with Crippen LogP contribution in [-0.2, 0) is 0 Å². The smallest absolute Gasteiger partial charge is 0.0230 e. The molecule has 43 heavy (non-hydrogen) atoms. The Hall–Kier alpha value is 0. The summed E-state index contributed by atoms with van der Waals surface area (Å²) in [6.45, 7) is 29.0. The van der Waals surface area contributed by atoms with Crippen molar-refractivity contribution in [1.82, 2.24) is 0 Å². The molecule has 0 bridgehead atoms. The van der Waals surface area contributed by atoms with E-state index in [4.69, 9.17) is 0 Å².